The summed E-state index contributed by atoms with van der Waals surface area (Å²) in [5, 5.41) is 0. The molecule has 1 heterocycles. The average molecular weight is 241 g/mol. The van der Waals surface area contributed by atoms with Crippen molar-refractivity contribution in [1.29, 1.82) is 0 Å². The third-order valence-electron chi connectivity index (χ3n) is 2.81. The van der Waals surface area contributed by atoms with Crippen LogP contribution in [0.2, 0.25) is 0 Å². The van der Waals surface area contributed by atoms with Gasteiger partial charge in [0.05, 0.1) is 0 Å². The van der Waals surface area contributed by atoms with Crippen molar-refractivity contribution in [2.24, 2.45) is 0 Å². The van der Waals surface area contributed by atoms with Crippen LogP contribution in [-0.2, 0) is 5.41 Å². The van der Waals surface area contributed by atoms with Crippen molar-refractivity contribution in [2.45, 2.75) is 33.1 Å². The molecule has 94 valence electrons. The molecule has 0 radical (unpaired) electrons. The molecule has 18 heavy (non-hydrogen) atoms. The van der Waals surface area contributed by atoms with Gasteiger partial charge in [0.1, 0.15) is 5.75 Å². The van der Waals surface area contributed by atoms with E-state index in [0.717, 1.165) is 11.3 Å². The Morgan fingerprint density at radius 2 is 1.67 bits per heavy atom. The molecule has 0 saturated heterocycles. The fraction of sp³-hybridized carbons (Fsp3) is 0.312. The molecule has 0 aliphatic rings. The number of hydrogen-bond donors (Lipinski definition) is 0. The molecule has 2 aromatic rings. The van der Waals surface area contributed by atoms with Crippen LogP contribution in [0.25, 0.3) is 0 Å². The molecule has 0 bridgehead atoms. The zero-order valence-corrected chi connectivity index (χ0v) is 11.4. The highest BCUT2D eigenvalue weighted by Gasteiger charge is 2.19. The lowest BCUT2D eigenvalue weighted by Gasteiger charge is -2.21. The summed E-state index contributed by atoms with van der Waals surface area (Å²) in [6.45, 7) is 8.54. The summed E-state index contributed by atoms with van der Waals surface area (Å²) in [6, 6.07) is 12.0. The zero-order valence-electron chi connectivity index (χ0n) is 11.4. The van der Waals surface area contributed by atoms with E-state index in [1.807, 2.05) is 30.3 Å². The Balaban J connectivity index is 2.32. The largest absolute Gasteiger partial charge is 0.439 e. The lowest BCUT2D eigenvalue weighted by Crippen LogP contribution is -2.13. The number of ether oxygens (including phenoxy) is 1. The second-order valence-electron chi connectivity index (χ2n) is 5.52. The molecule has 0 aliphatic carbocycles. The Hall–Kier alpha value is -1.83. The van der Waals surface area contributed by atoms with Crippen molar-refractivity contribution >= 4 is 0 Å². The summed E-state index contributed by atoms with van der Waals surface area (Å²) < 4.78 is 5.88. The van der Waals surface area contributed by atoms with Crippen molar-refractivity contribution in [3.05, 3.63) is 53.7 Å². The van der Waals surface area contributed by atoms with Crippen LogP contribution in [0, 0.1) is 6.92 Å². The van der Waals surface area contributed by atoms with Crippen LogP contribution in [0.3, 0.4) is 0 Å². The van der Waals surface area contributed by atoms with Gasteiger partial charge in [0, 0.05) is 11.8 Å². The van der Waals surface area contributed by atoms with E-state index in [4.69, 9.17) is 4.74 Å². The summed E-state index contributed by atoms with van der Waals surface area (Å²) in [5.74, 6) is 1.51. The van der Waals surface area contributed by atoms with Crippen molar-refractivity contribution in [3.63, 3.8) is 0 Å². The molecule has 0 amide bonds. The molecular weight excluding hydrogens is 222 g/mol. The summed E-state index contributed by atoms with van der Waals surface area (Å²) in [7, 11) is 0. The lowest BCUT2D eigenvalue weighted by molar-refractivity contribution is 0.436. The molecule has 0 atom stereocenters. The van der Waals surface area contributed by atoms with Gasteiger partial charge >= 0.3 is 0 Å². The Kier molecular flexibility index (Phi) is 3.37. The lowest BCUT2D eigenvalue weighted by atomic mass is 9.88. The molecule has 0 aliphatic heterocycles. The van der Waals surface area contributed by atoms with Gasteiger partial charge in [-0.25, -0.2) is 4.98 Å². The van der Waals surface area contributed by atoms with Crippen molar-refractivity contribution in [2.75, 3.05) is 0 Å². The van der Waals surface area contributed by atoms with E-state index in [2.05, 4.69) is 38.7 Å². The molecular formula is C16H19NO. The van der Waals surface area contributed by atoms with E-state index in [1.54, 1.807) is 6.20 Å². The van der Waals surface area contributed by atoms with Crippen LogP contribution < -0.4 is 4.74 Å². The molecule has 0 spiro atoms. The predicted octanol–water partition coefficient (Wildman–Crippen LogP) is 4.48. The second kappa shape index (κ2) is 4.81. The normalized spacial score (nSPS) is 11.3. The zero-order chi connectivity index (χ0) is 13.2. The first-order valence-electron chi connectivity index (χ1n) is 6.17. The third-order valence-corrected chi connectivity index (χ3v) is 2.81. The summed E-state index contributed by atoms with van der Waals surface area (Å²) in [4.78, 5) is 4.34. The first kappa shape index (κ1) is 12.6. The highest BCUT2D eigenvalue weighted by atomic mass is 16.5. The van der Waals surface area contributed by atoms with E-state index >= 15 is 0 Å². The van der Waals surface area contributed by atoms with Crippen LogP contribution in [0.5, 0.6) is 11.6 Å². The van der Waals surface area contributed by atoms with Gasteiger partial charge in [0.2, 0.25) is 5.88 Å². The molecule has 0 fully saturated rings. The summed E-state index contributed by atoms with van der Waals surface area (Å²) >= 11 is 0. The monoisotopic (exact) mass is 241 g/mol. The van der Waals surface area contributed by atoms with E-state index in [-0.39, 0.29) is 5.41 Å². The van der Waals surface area contributed by atoms with Crippen molar-refractivity contribution in [1.82, 2.24) is 4.98 Å². The maximum absolute atomic E-state index is 5.88. The van der Waals surface area contributed by atoms with Gasteiger partial charge in [-0.3, -0.25) is 0 Å². The van der Waals surface area contributed by atoms with E-state index in [1.165, 1.54) is 5.56 Å². The quantitative estimate of drug-likeness (QED) is 0.773. The third kappa shape index (κ3) is 2.89. The molecule has 1 aromatic heterocycles. The molecule has 0 N–H and O–H groups in total. The van der Waals surface area contributed by atoms with E-state index in [9.17, 15) is 0 Å². The smallest absolute Gasteiger partial charge is 0.222 e. The highest BCUT2D eigenvalue weighted by molar-refractivity contribution is 5.36. The van der Waals surface area contributed by atoms with Crippen LogP contribution >= 0.6 is 0 Å². The fourth-order valence-corrected chi connectivity index (χ4v) is 1.76. The van der Waals surface area contributed by atoms with Gasteiger partial charge in [-0.05, 0) is 30.5 Å². The second-order valence-corrected chi connectivity index (χ2v) is 5.52. The van der Waals surface area contributed by atoms with Gasteiger partial charge < -0.3 is 4.74 Å². The van der Waals surface area contributed by atoms with Gasteiger partial charge in [-0.15, -0.1) is 0 Å². The predicted molar refractivity (Wildman–Crippen MR) is 74.2 cm³/mol. The molecule has 0 unspecified atom stereocenters. The first-order chi connectivity index (χ1) is 8.47. The number of aromatic nitrogens is 1. The Labute approximate surface area is 109 Å². The number of hydrogen-bond acceptors (Lipinski definition) is 2. The van der Waals surface area contributed by atoms with Gasteiger partial charge in [-0.1, -0.05) is 44.5 Å². The standard InChI is InChI=1S/C16H19NO/c1-12-7-9-13(10-8-12)18-15-14(16(2,3)4)6-5-11-17-15/h5-11H,1-4H3. The van der Waals surface area contributed by atoms with E-state index in [0.29, 0.717) is 5.88 Å². The van der Waals surface area contributed by atoms with Crippen molar-refractivity contribution in [3.8, 4) is 11.6 Å². The molecule has 1 aromatic carbocycles. The van der Waals surface area contributed by atoms with Crippen LogP contribution in [0.4, 0.5) is 0 Å². The highest BCUT2D eigenvalue weighted by Crippen LogP contribution is 2.32. The van der Waals surface area contributed by atoms with Gasteiger partial charge in [-0.2, -0.15) is 0 Å². The number of nitrogens with zero attached hydrogens (tertiary/aromatic N) is 1. The number of aryl methyl sites for hydroxylation is 1. The molecule has 0 saturated carbocycles. The Morgan fingerprint density at radius 1 is 1.00 bits per heavy atom. The Bertz CT molecular complexity index is 524. The molecule has 2 nitrogen and oxygen atoms in total. The van der Waals surface area contributed by atoms with Crippen LogP contribution in [0.1, 0.15) is 31.9 Å². The van der Waals surface area contributed by atoms with E-state index < -0.39 is 0 Å². The minimum atomic E-state index is 0.0221. The topological polar surface area (TPSA) is 22.1 Å². The minimum absolute atomic E-state index is 0.0221. The first-order valence-corrected chi connectivity index (χ1v) is 6.17. The summed E-state index contributed by atoms with van der Waals surface area (Å²) in [6.07, 6.45) is 1.76. The fourth-order valence-electron chi connectivity index (χ4n) is 1.76. The SMILES string of the molecule is Cc1ccc(Oc2ncccc2C(C)(C)C)cc1. The molecule has 2 heteroatoms. The van der Waals surface area contributed by atoms with Gasteiger partial charge in [0.15, 0.2) is 0 Å². The number of benzene rings is 1. The van der Waals surface area contributed by atoms with Crippen LogP contribution in [0.15, 0.2) is 42.6 Å². The van der Waals surface area contributed by atoms with Crippen LogP contribution in [-0.4, -0.2) is 4.98 Å². The minimum Gasteiger partial charge on any atom is -0.439 e. The maximum Gasteiger partial charge on any atom is 0.222 e. The number of pyridine rings is 1. The van der Waals surface area contributed by atoms with Crippen molar-refractivity contribution < 1.29 is 4.74 Å². The molecule has 2 rings (SSSR count). The Morgan fingerprint density at radius 3 is 2.28 bits per heavy atom. The maximum atomic E-state index is 5.88. The summed E-state index contributed by atoms with van der Waals surface area (Å²) in [5.41, 5.74) is 2.36. The number of rotatable bonds is 2. The average Bonchev–Trinajstić information content (AvgIpc) is 2.31. The van der Waals surface area contributed by atoms with Gasteiger partial charge in [0.25, 0.3) is 0 Å².